The summed E-state index contributed by atoms with van der Waals surface area (Å²) in [4.78, 5) is 84.9. The number of esters is 2. The van der Waals surface area contributed by atoms with Crippen molar-refractivity contribution in [2.75, 3.05) is 39.7 Å². The zero-order chi connectivity index (χ0) is 33.0. The molecule has 2 amide bonds. The Balaban J connectivity index is 2.44. The Morgan fingerprint density at radius 1 is 0.930 bits per heavy atom. The van der Waals surface area contributed by atoms with Crippen LogP contribution in [0, 0.1) is 17.3 Å². The summed E-state index contributed by atoms with van der Waals surface area (Å²) in [7, 11) is -1.65. The average Bonchev–Trinajstić information content (AvgIpc) is 2.97. The van der Waals surface area contributed by atoms with E-state index in [0.29, 0.717) is 0 Å². The number of rotatable bonds is 17. The van der Waals surface area contributed by atoms with Crippen molar-refractivity contribution >= 4 is 59.9 Å². The molecule has 43 heavy (non-hydrogen) atoms. The van der Waals surface area contributed by atoms with Crippen molar-refractivity contribution in [3.8, 4) is 0 Å². The quantitative estimate of drug-likeness (QED) is 0.0865. The first kappa shape index (κ1) is 38.4. The molecular formula is C26H42N3O12PS. The van der Waals surface area contributed by atoms with Crippen molar-refractivity contribution in [3.05, 3.63) is 0 Å². The van der Waals surface area contributed by atoms with Gasteiger partial charge in [-0.15, -0.1) is 0 Å². The molecule has 0 saturated carbocycles. The Morgan fingerprint density at radius 2 is 1.58 bits per heavy atom. The van der Waals surface area contributed by atoms with Gasteiger partial charge < -0.3 is 20.1 Å². The van der Waals surface area contributed by atoms with Gasteiger partial charge in [0.1, 0.15) is 11.8 Å². The van der Waals surface area contributed by atoms with E-state index in [1.54, 1.807) is 13.8 Å². The normalized spacial score (nSPS) is 21.4. The van der Waals surface area contributed by atoms with E-state index >= 15 is 0 Å². The minimum atomic E-state index is -4.01. The smallest absolute Gasteiger partial charge is 0.407 e. The topological polar surface area (TPSA) is 210 Å². The molecule has 1 saturated heterocycles. The van der Waals surface area contributed by atoms with Crippen molar-refractivity contribution in [2.24, 2.45) is 17.3 Å². The zero-order valence-corrected chi connectivity index (χ0v) is 27.2. The van der Waals surface area contributed by atoms with Crippen molar-refractivity contribution < 1.29 is 56.6 Å². The number of Topliss-reactive ketones (excluding diaryl/α,β-unsaturated/α-hetero) is 2. The lowest BCUT2D eigenvalue weighted by Crippen LogP contribution is -2.51. The maximum absolute atomic E-state index is 13.0. The summed E-state index contributed by atoms with van der Waals surface area (Å²) in [6.45, 7) is 7.50. The molecule has 0 bridgehead atoms. The van der Waals surface area contributed by atoms with Crippen LogP contribution < -0.4 is 15.7 Å². The summed E-state index contributed by atoms with van der Waals surface area (Å²) in [6.07, 6.45) is -1.60. The second-order valence-electron chi connectivity index (χ2n) is 10.6. The van der Waals surface area contributed by atoms with Gasteiger partial charge in [0.05, 0.1) is 39.1 Å². The van der Waals surface area contributed by atoms with Crippen LogP contribution in [-0.4, -0.2) is 92.2 Å². The third-order valence-electron chi connectivity index (χ3n) is 6.52. The molecule has 17 heteroatoms. The number of ketones is 2. The molecule has 3 unspecified atom stereocenters. The number of methoxy groups -OCH3 is 2. The number of ether oxygens (including phenoxy) is 2. The van der Waals surface area contributed by atoms with Crippen LogP contribution in [0.15, 0.2) is 0 Å². The van der Waals surface area contributed by atoms with Gasteiger partial charge in [0.2, 0.25) is 11.8 Å². The first-order chi connectivity index (χ1) is 20.0. The average molecular weight is 652 g/mol. The molecule has 0 aromatic heterocycles. The number of carbonyl (C=O) groups excluding carboxylic acids is 7. The molecule has 0 aliphatic carbocycles. The van der Waals surface area contributed by atoms with Crippen LogP contribution in [0.25, 0.3) is 0 Å². The number of hydrogen-bond donors (Lipinski definition) is 3. The minimum Gasteiger partial charge on any atom is -0.469 e. The Bertz CT molecular complexity index is 1110. The van der Waals surface area contributed by atoms with Gasteiger partial charge in [-0.2, -0.15) is 0 Å². The van der Waals surface area contributed by atoms with E-state index in [9.17, 15) is 38.1 Å². The standard InChI is InChI=1S/C26H42N3O12PS/c1-15(18(30)8-9-20(32)38-6)21(33)16(2)25(36)43-13-12-27-19(31)10-11-28-23(34)22-26(4,5)14-40-42(37,41-22)29-17(3)24(35)39-7/h15-17,22H,8-14H2,1-7H3,(H,27,31)(H,28,34)(H,29,37)/t15?,16?,17-,22-,42?/m0/s1. The van der Waals surface area contributed by atoms with Crippen LogP contribution in [-0.2, 0) is 56.6 Å². The molecule has 1 aliphatic heterocycles. The van der Waals surface area contributed by atoms with Crippen LogP contribution in [0.2, 0.25) is 0 Å². The Labute approximate surface area is 255 Å². The molecule has 0 aromatic carbocycles. The number of nitrogens with one attached hydrogen (secondary N) is 3. The summed E-state index contributed by atoms with van der Waals surface area (Å²) < 4.78 is 32.8. The fourth-order valence-corrected chi connectivity index (χ4v) is 6.43. The second-order valence-corrected chi connectivity index (χ2v) is 13.4. The van der Waals surface area contributed by atoms with Crippen LogP contribution in [0.5, 0.6) is 0 Å². The largest absolute Gasteiger partial charge is 0.469 e. The van der Waals surface area contributed by atoms with Crippen LogP contribution >= 0.6 is 19.5 Å². The number of amides is 2. The molecule has 1 heterocycles. The van der Waals surface area contributed by atoms with Gasteiger partial charge in [-0.05, 0) is 20.8 Å². The van der Waals surface area contributed by atoms with Crippen molar-refractivity contribution in [1.82, 2.24) is 15.7 Å². The molecule has 0 aromatic rings. The van der Waals surface area contributed by atoms with Gasteiger partial charge in [-0.3, -0.25) is 42.6 Å². The minimum absolute atomic E-state index is 0.0583. The summed E-state index contributed by atoms with van der Waals surface area (Å²) >= 11 is 0.841. The number of thioether (sulfide) groups is 1. The zero-order valence-electron chi connectivity index (χ0n) is 25.5. The Kier molecular flexibility index (Phi) is 15.7. The summed E-state index contributed by atoms with van der Waals surface area (Å²) in [5.41, 5.74) is -0.868. The van der Waals surface area contributed by atoms with E-state index in [1.165, 1.54) is 35.0 Å². The summed E-state index contributed by atoms with van der Waals surface area (Å²) in [5.74, 6) is -5.20. The van der Waals surface area contributed by atoms with Crippen LogP contribution in [0.1, 0.15) is 53.9 Å². The molecule has 0 radical (unpaired) electrons. The van der Waals surface area contributed by atoms with Gasteiger partial charge in [-0.25, -0.2) is 9.65 Å². The van der Waals surface area contributed by atoms with Crippen molar-refractivity contribution in [1.29, 1.82) is 0 Å². The predicted molar refractivity (Wildman–Crippen MR) is 155 cm³/mol. The van der Waals surface area contributed by atoms with E-state index in [1.807, 2.05) is 0 Å². The molecule has 1 fully saturated rings. The van der Waals surface area contributed by atoms with E-state index in [4.69, 9.17) is 9.05 Å². The molecule has 1 rings (SSSR count). The third-order valence-corrected chi connectivity index (χ3v) is 9.23. The van der Waals surface area contributed by atoms with E-state index in [0.717, 1.165) is 11.8 Å². The van der Waals surface area contributed by atoms with Gasteiger partial charge in [0.25, 0.3) is 0 Å². The summed E-state index contributed by atoms with van der Waals surface area (Å²) in [5, 5.41) is 7.15. The lowest BCUT2D eigenvalue weighted by atomic mass is 9.87. The maximum Gasteiger partial charge on any atom is 0.407 e. The molecule has 3 N–H and O–H groups in total. The van der Waals surface area contributed by atoms with Crippen LogP contribution in [0.4, 0.5) is 0 Å². The first-order valence-corrected chi connectivity index (χ1v) is 16.1. The van der Waals surface area contributed by atoms with Crippen molar-refractivity contribution in [2.45, 2.75) is 66.0 Å². The summed E-state index contributed by atoms with van der Waals surface area (Å²) in [6, 6.07) is -1.02. The highest BCUT2D eigenvalue weighted by Crippen LogP contribution is 2.53. The lowest BCUT2D eigenvalue weighted by molar-refractivity contribution is -0.143. The highest BCUT2D eigenvalue weighted by Gasteiger charge is 2.49. The van der Waals surface area contributed by atoms with Gasteiger partial charge in [-0.1, -0.05) is 25.6 Å². The second kappa shape index (κ2) is 17.6. The molecular weight excluding hydrogens is 609 g/mol. The third kappa shape index (κ3) is 12.5. The van der Waals surface area contributed by atoms with Gasteiger partial charge in [0.15, 0.2) is 17.0 Å². The van der Waals surface area contributed by atoms with E-state index < -0.39 is 77.6 Å². The van der Waals surface area contributed by atoms with Gasteiger partial charge in [0, 0.05) is 37.1 Å². The monoisotopic (exact) mass is 651 g/mol. The SMILES string of the molecule is COC(=O)CCC(=O)C(C)C(=O)C(C)C(=O)SCCNC(=O)CCNC(=O)[C@@H]1OP(=O)(N[C@@H](C)C(=O)OC)OCC1(C)C. The van der Waals surface area contributed by atoms with Crippen molar-refractivity contribution in [3.63, 3.8) is 0 Å². The fraction of sp³-hybridized carbons (Fsp3) is 0.731. The molecule has 0 spiro atoms. The van der Waals surface area contributed by atoms with E-state index in [-0.39, 0.29) is 44.7 Å². The first-order valence-electron chi connectivity index (χ1n) is 13.6. The Morgan fingerprint density at radius 3 is 2.19 bits per heavy atom. The molecule has 5 atom stereocenters. The maximum atomic E-state index is 13.0. The van der Waals surface area contributed by atoms with Gasteiger partial charge >= 0.3 is 19.7 Å². The molecule has 244 valence electrons. The van der Waals surface area contributed by atoms with Crippen LogP contribution in [0.3, 0.4) is 0 Å². The highest BCUT2D eigenvalue weighted by molar-refractivity contribution is 8.13. The fourth-order valence-electron chi connectivity index (χ4n) is 3.72. The number of carbonyl (C=O) groups is 7. The Hall–Kier alpha value is -2.65. The van der Waals surface area contributed by atoms with E-state index in [2.05, 4.69) is 25.2 Å². The molecule has 1 aliphatic rings. The lowest BCUT2D eigenvalue weighted by Gasteiger charge is -2.40. The predicted octanol–water partition coefficient (Wildman–Crippen LogP) is 0.933. The number of hydrogen-bond acceptors (Lipinski definition) is 13. The molecule has 15 nitrogen and oxygen atoms in total. The highest BCUT2D eigenvalue weighted by atomic mass is 32.2.